The zero-order chi connectivity index (χ0) is 15.2. The van der Waals surface area contributed by atoms with Gasteiger partial charge < -0.3 is 21.1 Å². The summed E-state index contributed by atoms with van der Waals surface area (Å²) < 4.78 is 5.45. The Balaban J connectivity index is 1.68. The summed E-state index contributed by atoms with van der Waals surface area (Å²) in [5.41, 5.74) is 5.80. The van der Waals surface area contributed by atoms with Crippen LogP contribution in [-0.4, -0.2) is 36.2 Å². The van der Waals surface area contributed by atoms with Gasteiger partial charge in [0.15, 0.2) is 5.13 Å². The summed E-state index contributed by atoms with van der Waals surface area (Å²) in [7, 11) is 0. The maximum absolute atomic E-state index is 12.0. The molecule has 0 aromatic carbocycles. The molecular weight excluding hydrogens is 288 g/mol. The van der Waals surface area contributed by atoms with Crippen LogP contribution in [0, 0.1) is 0 Å². The number of aromatic nitrogens is 1. The summed E-state index contributed by atoms with van der Waals surface area (Å²) in [6.07, 6.45) is 4.42. The summed E-state index contributed by atoms with van der Waals surface area (Å²) in [5, 5.41) is 6.88. The van der Waals surface area contributed by atoms with Crippen LogP contribution in [0.5, 0.6) is 0 Å². The van der Waals surface area contributed by atoms with Crippen LogP contribution in [0.15, 0.2) is 0 Å². The van der Waals surface area contributed by atoms with E-state index in [0.29, 0.717) is 23.3 Å². The van der Waals surface area contributed by atoms with Gasteiger partial charge in [-0.05, 0) is 39.5 Å². The number of rotatable bonds is 9. The molecule has 1 aromatic heterocycles. The first kappa shape index (κ1) is 16.0. The molecule has 0 spiro atoms. The number of hydrogen-bond donors (Lipinski definition) is 3. The van der Waals surface area contributed by atoms with E-state index in [-0.39, 0.29) is 12.0 Å². The summed E-state index contributed by atoms with van der Waals surface area (Å²) in [4.78, 5) is 16.7. The van der Waals surface area contributed by atoms with Gasteiger partial charge in [-0.2, -0.15) is 0 Å². The number of ether oxygens (including phenoxy) is 1. The number of carbonyl (C=O) groups excluding carboxylic acids is 1. The number of amides is 1. The Labute approximate surface area is 129 Å². The summed E-state index contributed by atoms with van der Waals surface area (Å²) in [6, 6.07) is 0.507. The van der Waals surface area contributed by atoms with Gasteiger partial charge in [0.2, 0.25) is 0 Å². The van der Waals surface area contributed by atoms with Crippen LogP contribution < -0.4 is 16.4 Å². The summed E-state index contributed by atoms with van der Waals surface area (Å²) >= 11 is 1.32. The van der Waals surface area contributed by atoms with Crippen molar-refractivity contribution in [2.45, 2.75) is 51.7 Å². The van der Waals surface area contributed by atoms with Crippen LogP contribution in [0.4, 0.5) is 10.9 Å². The third kappa shape index (κ3) is 5.51. The molecule has 1 heterocycles. The van der Waals surface area contributed by atoms with Gasteiger partial charge in [-0.1, -0.05) is 11.3 Å². The molecule has 1 saturated carbocycles. The van der Waals surface area contributed by atoms with E-state index in [1.54, 1.807) is 0 Å². The second kappa shape index (κ2) is 7.61. The average Bonchev–Trinajstić information content (AvgIpc) is 3.15. The van der Waals surface area contributed by atoms with Crippen LogP contribution in [-0.2, 0) is 4.74 Å². The highest BCUT2D eigenvalue weighted by atomic mass is 32.1. The normalized spacial score (nSPS) is 14.4. The van der Waals surface area contributed by atoms with Crippen LogP contribution in [0.3, 0.4) is 0 Å². The van der Waals surface area contributed by atoms with Crippen molar-refractivity contribution in [1.29, 1.82) is 0 Å². The van der Waals surface area contributed by atoms with Crippen LogP contribution in [0.25, 0.3) is 0 Å². The standard InChI is InChI=1S/C14H24N4O2S/c1-9(2)20-8-4-3-7-16-13(19)11-12(15)18-14(21-11)17-10-5-6-10/h9-10H,3-8,15H2,1-2H3,(H,16,19)(H,17,18). The molecule has 0 radical (unpaired) electrons. The number of carbonyl (C=O) groups is 1. The van der Waals surface area contributed by atoms with E-state index in [1.807, 2.05) is 13.8 Å². The first-order chi connectivity index (χ1) is 10.1. The molecule has 1 amide bonds. The lowest BCUT2D eigenvalue weighted by Crippen LogP contribution is -2.24. The Morgan fingerprint density at radius 2 is 2.24 bits per heavy atom. The zero-order valence-electron chi connectivity index (χ0n) is 12.6. The molecule has 21 heavy (non-hydrogen) atoms. The molecule has 6 nitrogen and oxygen atoms in total. The molecule has 118 valence electrons. The number of nitrogens with one attached hydrogen (secondary N) is 2. The van der Waals surface area contributed by atoms with Crippen molar-refractivity contribution < 1.29 is 9.53 Å². The largest absolute Gasteiger partial charge is 0.382 e. The van der Waals surface area contributed by atoms with Crippen molar-refractivity contribution in [2.75, 3.05) is 24.2 Å². The second-order valence-corrected chi connectivity index (χ2v) is 6.53. The molecule has 0 unspecified atom stereocenters. The highest BCUT2D eigenvalue weighted by Crippen LogP contribution is 2.30. The Kier molecular flexibility index (Phi) is 5.81. The molecule has 1 aliphatic carbocycles. The number of nitrogen functional groups attached to an aromatic ring is 1. The minimum absolute atomic E-state index is 0.140. The monoisotopic (exact) mass is 312 g/mol. The number of thiazole rings is 1. The second-order valence-electron chi connectivity index (χ2n) is 5.53. The molecule has 0 aliphatic heterocycles. The Morgan fingerprint density at radius 1 is 1.48 bits per heavy atom. The van der Waals surface area contributed by atoms with E-state index >= 15 is 0 Å². The minimum atomic E-state index is -0.140. The van der Waals surface area contributed by atoms with Crippen molar-refractivity contribution >= 4 is 28.2 Å². The fourth-order valence-corrected chi connectivity index (χ4v) is 2.66. The molecule has 4 N–H and O–H groups in total. The number of unbranched alkanes of at least 4 members (excludes halogenated alkanes) is 1. The molecular formula is C14H24N4O2S. The Bertz CT molecular complexity index is 472. The first-order valence-corrected chi connectivity index (χ1v) is 8.30. The van der Waals surface area contributed by atoms with E-state index in [9.17, 15) is 4.79 Å². The summed E-state index contributed by atoms with van der Waals surface area (Å²) in [5.74, 6) is 0.169. The van der Waals surface area contributed by atoms with E-state index in [2.05, 4.69) is 15.6 Å². The number of anilines is 2. The SMILES string of the molecule is CC(C)OCCCCNC(=O)c1sc(NC2CC2)nc1N. The lowest BCUT2D eigenvalue weighted by Gasteiger charge is -2.07. The predicted octanol–water partition coefficient (Wildman–Crippen LogP) is 2.23. The van der Waals surface area contributed by atoms with Gasteiger partial charge in [0.05, 0.1) is 6.10 Å². The van der Waals surface area contributed by atoms with Gasteiger partial charge in [-0.15, -0.1) is 0 Å². The van der Waals surface area contributed by atoms with Crippen molar-refractivity contribution in [2.24, 2.45) is 0 Å². The maximum atomic E-state index is 12.0. The van der Waals surface area contributed by atoms with Gasteiger partial charge in [0.1, 0.15) is 10.7 Å². The van der Waals surface area contributed by atoms with E-state index in [4.69, 9.17) is 10.5 Å². The van der Waals surface area contributed by atoms with Gasteiger partial charge in [-0.25, -0.2) is 4.98 Å². The van der Waals surface area contributed by atoms with Crippen molar-refractivity contribution in [3.05, 3.63) is 4.88 Å². The molecule has 2 rings (SSSR count). The molecule has 1 aliphatic rings. The third-order valence-electron chi connectivity index (χ3n) is 3.07. The van der Waals surface area contributed by atoms with Gasteiger partial charge in [0, 0.05) is 19.2 Å². The molecule has 1 fully saturated rings. The van der Waals surface area contributed by atoms with Gasteiger partial charge in [0.25, 0.3) is 5.91 Å². The first-order valence-electron chi connectivity index (χ1n) is 7.49. The fraction of sp³-hybridized carbons (Fsp3) is 0.714. The van der Waals surface area contributed by atoms with Crippen molar-refractivity contribution in [3.8, 4) is 0 Å². The average molecular weight is 312 g/mol. The Hall–Kier alpha value is -1.34. The van der Waals surface area contributed by atoms with Crippen molar-refractivity contribution in [1.82, 2.24) is 10.3 Å². The zero-order valence-corrected chi connectivity index (χ0v) is 13.5. The number of hydrogen-bond acceptors (Lipinski definition) is 6. The van der Waals surface area contributed by atoms with Crippen LogP contribution >= 0.6 is 11.3 Å². The number of nitrogens with two attached hydrogens (primary N) is 1. The smallest absolute Gasteiger partial charge is 0.265 e. The lowest BCUT2D eigenvalue weighted by molar-refractivity contribution is 0.0754. The maximum Gasteiger partial charge on any atom is 0.265 e. The van der Waals surface area contributed by atoms with Crippen LogP contribution in [0.2, 0.25) is 0 Å². The highest BCUT2D eigenvalue weighted by molar-refractivity contribution is 7.18. The predicted molar refractivity (Wildman–Crippen MR) is 85.8 cm³/mol. The number of nitrogens with zero attached hydrogens (tertiary/aromatic N) is 1. The lowest BCUT2D eigenvalue weighted by atomic mass is 10.3. The minimum Gasteiger partial charge on any atom is -0.382 e. The highest BCUT2D eigenvalue weighted by Gasteiger charge is 2.24. The van der Waals surface area contributed by atoms with Crippen LogP contribution in [0.1, 0.15) is 49.2 Å². The van der Waals surface area contributed by atoms with Crippen molar-refractivity contribution in [3.63, 3.8) is 0 Å². The fourth-order valence-electron chi connectivity index (χ4n) is 1.79. The van der Waals surface area contributed by atoms with Gasteiger partial charge >= 0.3 is 0 Å². The molecule has 0 bridgehead atoms. The quantitative estimate of drug-likeness (QED) is 0.608. The topological polar surface area (TPSA) is 89.3 Å². The van der Waals surface area contributed by atoms with E-state index in [0.717, 1.165) is 24.6 Å². The Morgan fingerprint density at radius 3 is 2.90 bits per heavy atom. The molecule has 0 atom stereocenters. The van der Waals surface area contributed by atoms with Gasteiger partial charge in [-0.3, -0.25) is 4.79 Å². The molecule has 7 heteroatoms. The molecule has 0 saturated heterocycles. The third-order valence-corrected chi connectivity index (χ3v) is 4.07. The van der Waals surface area contributed by atoms with E-state index in [1.165, 1.54) is 24.2 Å². The molecule has 1 aromatic rings. The van der Waals surface area contributed by atoms with E-state index < -0.39 is 0 Å². The summed E-state index contributed by atoms with van der Waals surface area (Å²) in [6.45, 7) is 5.39.